The molecule has 0 bridgehead atoms. The number of benzene rings is 2. The normalized spacial score (nSPS) is 12.9. The topological polar surface area (TPSA) is 66.9 Å². The monoisotopic (exact) mass is 366 g/mol. The number of fused-ring (bicyclic) bond motifs is 1. The van der Waals surface area contributed by atoms with E-state index in [2.05, 4.69) is 0 Å². The molecule has 1 aliphatic rings. The molecule has 3 rings (SSSR count). The first-order valence-electron chi connectivity index (χ1n) is 8.89. The van der Waals surface area contributed by atoms with Gasteiger partial charge in [0.1, 0.15) is 0 Å². The Morgan fingerprint density at radius 2 is 1.63 bits per heavy atom. The first-order chi connectivity index (χ1) is 13.0. The summed E-state index contributed by atoms with van der Waals surface area (Å²) < 4.78 is 5.30. The standard InChI is InChI=1S/C21H22N2O4/c1-22(2)16-9-7-8-15(14-16)21(26)27-13-6-5-12-23-19(24)17-10-3-4-11-18(17)20(23)25/h3-4,7-11,14H,5-6,12-13H2,1-2H3. The minimum atomic E-state index is -0.376. The number of unbranched alkanes of at least 4 members (excludes halogenated alkanes) is 1. The highest BCUT2D eigenvalue weighted by Gasteiger charge is 2.34. The van der Waals surface area contributed by atoms with Crippen LogP contribution >= 0.6 is 0 Å². The van der Waals surface area contributed by atoms with Gasteiger partial charge in [-0.3, -0.25) is 14.5 Å². The van der Waals surface area contributed by atoms with Gasteiger partial charge in [0, 0.05) is 26.3 Å². The number of carbonyl (C=O) groups excluding carboxylic acids is 3. The zero-order valence-corrected chi connectivity index (χ0v) is 15.5. The number of amides is 2. The molecule has 2 amide bonds. The average molecular weight is 366 g/mol. The number of rotatable bonds is 7. The maximum atomic E-state index is 12.3. The summed E-state index contributed by atoms with van der Waals surface area (Å²) in [5.74, 6) is -0.888. The smallest absolute Gasteiger partial charge is 0.338 e. The molecular weight excluding hydrogens is 344 g/mol. The lowest BCUT2D eigenvalue weighted by atomic mass is 10.1. The fourth-order valence-corrected chi connectivity index (χ4v) is 2.97. The predicted octanol–water partition coefficient (Wildman–Crippen LogP) is 2.99. The fourth-order valence-electron chi connectivity index (χ4n) is 2.97. The summed E-state index contributed by atoms with van der Waals surface area (Å²) >= 11 is 0. The molecule has 6 nitrogen and oxygen atoms in total. The van der Waals surface area contributed by atoms with Crippen LogP contribution in [0.1, 0.15) is 43.9 Å². The molecule has 0 N–H and O–H groups in total. The van der Waals surface area contributed by atoms with Crippen molar-refractivity contribution in [2.75, 3.05) is 32.1 Å². The average Bonchev–Trinajstić information content (AvgIpc) is 2.92. The Hall–Kier alpha value is -3.15. The molecule has 6 heteroatoms. The second kappa shape index (κ2) is 8.03. The predicted molar refractivity (Wildman–Crippen MR) is 102 cm³/mol. The largest absolute Gasteiger partial charge is 0.462 e. The number of imide groups is 1. The second-order valence-electron chi connectivity index (χ2n) is 6.60. The third-order valence-corrected chi connectivity index (χ3v) is 4.49. The second-order valence-corrected chi connectivity index (χ2v) is 6.60. The Labute approximate surface area is 158 Å². The minimum Gasteiger partial charge on any atom is -0.462 e. The van der Waals surface area contributed by atoms with Crippen molar-refractivity contribution in [1.29, 1.82) is 0 Å². The highest BCUT2D eigenvalue weighted by Crippen LogP contribution is 2.22. The van der Waals surface area contributed by atoms with E-state index in [1.807, 2.05) is 31.1 Å². The Morgan fingerprint density at radius 1 is 0.963 bits per heavy atom. The summed E-state index contributed by atoms with van der Waals surface area (Å²) in [5.41, 5.74) is 2.33. The van der Waals surface area contributed by atoms with Crippen LogP contribution in [0.5, 0.6) is 0 Å². The van der Waals surface area contributed by atoms with Crippen LogP contribution in [0, 0.1) is 0 Å². The summed E-state index contributed by atoms with van der Waals surface area (Å²) in [5, 5.41) is 0. The van der Waals surface area contributed by atoms with Crippen molar-refractivity contribution < 1.29 is 19.1 Å². The molecule has 1 aliphatic heterocycles. The number of hydrogen-bond donors (Lipinski definition) is 0. The summed E-state index contributed by atoms with van der Waals surface area (Å²) in [6.45, 7) is 0.564. The van der Waals surface area contributed by atoms with Crippen LogP contribution < -0.4 is 4.90 Å². The van der Waals surface area contributed by atoms with Gasteiger partial charge >= 0.3 is 5.97 Å². The van der Waals surface area contributed by atoms with E-state index in [0.717, 1.165) is 5.69 Å². The lowest BCUT2D eigenvalue weighted by Gasteiger charge is -2.14. The number of nitrogens with zero attached hydrogens (tertiary/aromatic N) is 2. The summed E-state index contributed by atoms with van der Waals surface area (Å²) in [6, 6.07) is 14.1. The van der Waals surface area contributed by atoms with Crippen molar-refractivity contribution in [3.8, 4) is 0 Å². The minimum absolute atomic E-state index is 0.244. The van der Waals surface area contributed by atoms with Crippen molar-refractivity contribution in [2.24, 2.45) is 0 Å². The van der Waals surface area contributed by atoms with Crippen LogP contribution in [0.4, 0.5) is 5.69 Å². The molecule has 0 saturated heterocycles. The highest BCUT2D eigenvalue weighted by molar-refractivity contribution is 6.21. The van der Waals surface area contributed by atoms with Crippen LogP contribution in [-0.4, -0.2) is 49.9 Å². The molecule has 27 heavy (non-hydrogen) atoms. The van der Waals surface area contributed by atoms with E-state index in [9.17, 15) is 14.4 Å². The van der Waals surface area contributed by atoms with Gasteiger partial charge in [-0.2, -0.15) is 0 Å². The first-order valence-corrected chi connectivity index (χ1v) is 8.89. The number of hydrogen-bond acceptors (Lipinski definition) is 5. The maximum Gasteiger partial charge on any atom is 0.338 e. The summed E-state index contributed by atoms with van der Waals surface area (Å²) in [6.07, 6.45) is 1.16. The van der Waals surface area contributed by atoms with E-state index < -0.39 is 0 Å². The summed E-state index contributed by atoms with van der Waals surface area (Å²) in [4.78, 5) is 39.8. The van der Waals surface area contributed by atoms with E-state index in [1.54, 1.807) is 36.4 Å². The van der Waals surface area contributed by atoms with Gasteiger partial charge in [-0.1, -0.05) is 18.2 Å². The molecule has 140 valence electrons. The molecule has 1 heterocycles. The number of ether oxygens (including phenoxy) is 1. The quantitative estimate of drug-likeness (QED) is 0.428. The van der Waals surface area contributed by atoms with Crippen LogP contribution in [0.15, 0.2) is 48.5 Å². The Balaban J connectivity index is 1.45. The zero-order chi connectivity index (χ0) is 19.4. The molecule has 0 saturated carbocycles. The lowest BCUT2D eigenvalue weighted by molar-refractivity contribution is 0.0485. The van der Waals surface area contributed by atoms with Gasteiger partial charge in [0.25, 0.3) is 11.8 Å². The molecule has 0 unspecified atom stereocenters. The van der Waals surface area contributed by atoms with Crippen LogP contribution in [0.3, 0.4) is 0 Å². The van der Waals surface area contributed by atoms with E-state index in [4.69, 9.17) is 4.74 Å². The molecule has 0 aliphatic carbocycles. The van der Waals surface area contributed by atoms with Crippen molar-refractivity contribution in [3.05, 3.63) is 65.2 Å². The van der Waals surface area contributed by atoms with Crippen molar-refractivity contribution >= 4 is 23.5 Å². The van der Waals surface area contributed by atoms with Crippen molar-refractivity contribution in [3.63, 3.8) is 0 Å². The third kappa shape index (κ3) is 4.00. The van der Waals surface area contributed by atoms with Gasteiger partial charge in [0.15, 0.2) is 0 Å². The molecule has 0 radical (unpaired) electrons. The van der Waals surface area contributed by atoms with Crippen molar-refractivity contribution in [1.82, 2.24) is 4.90 Å². The van der Waals surface area contributed by atoms with Gasteiger partial charge < -0.3 is 9.64 Å². The molecule has 2 aromatic rings. The van der Waals surface area contributed by atoms with E-state index in [0.29, 0.717) is 36.1 Å². The van der Waals surface area contributed by atoms with E-state index >= 15 is 0 Å². The molecular formula is C21H22N2O4. The molecule has 2 aromatic carbocycles. The third-order valence-electron chi connectivity index (χ3n) is 4.49. The fraction of sp³-hybridized carbons (Fsp3) is 0.286. The number of esters is 1. The zero-order valence-electron chi connectivity index (χ0n) is 15.5. The van der Waals surface area contributed by atoms with Gasteiger partial charge in [-0.15, -0.1) is 0 Å². The van der Waals surface area contributed by atoms with Gasteiger partial charge in [-0.25, -0.2) is 4.79 Å². The molecule has 0 aromatic heterocycles. The van der Waals surface area contributed by atoms with Gasteiger partial charge in [-0.05, 0) is 43.2 Å². The van der Waals surface area contributed by atoms with E-state index in [-0.39, 0.29) is 24.4 Å². The highest BCUT2D eigenvalue weighted by atomic mass is 16.5. The Bertz CT molecular complexity index is 841. The Kier molecular flexibility index (Phi) is 5.54. The van der Waals surface area contributed by atoms with Crippen molar-refractivity contribution in [2.45, 2.75) is 12.8 Å². The number of anilines is 1. The van der Waals surface area contributed by atoms with Crippen LogP contribution in [-0.2, 0) is 4.74 Å². The van der Waals surface area contributed by atoms with E-state index in [1.165, 1.54) is 4.90 Å². The van der Waals surface area contributed by atoms with Crippen LogP contribution in [0.25, 0.3) is 0 Å². The summed E-state index contributed by atoms with van der Waals surface area (Å²) in [7, 11) is 3.81. The Morgan fingerprint density at radius 3 is 2.26 bits per heavy atom. The van der Waals surface area contributed by atoms with Gasteiger partial charge in [0.05, 0.1) is 23.3 Å². The lowest BCUT2D eigenvalue weighted by Crippen LogP contribution is -2.30. The maximum absolute atomic E-state index is 12.3. The SMILES string of the molecule is CN(C)c1cccc(C(=O)OCCCCN2C(=O)c3ccccc3C2=O)c1. The first kappa shape index (κ1) is 18.6. The molecule has 0 spiro atoms. The number of carbonyl (C=O) groups is 3. The molecule has 0 atom stereocenters. The van der Waals surface area contributed by atoms with Gasteiger partial charge in [0.2, 0.25) is 0 Å². The van der Waals surface area contributed by atoms with Crippen LogP contribution in [0.2, 0.25) is 0 Å². The molecule has 0 fully saturated rings.